The first-order chi connectivity index (χ1) is 10.0. The number of hydrogen-bond donors (Lipinski definition) is 0. The summed E-state index contributed by atoms with van der Waals surface area (Å²) in [5.41, 5.74) is 0. The van der Waals surface area contributed by atoms with Crippen LogP contribution in [0.1, 0.15) is 26.2 Å². The highest BCUT2D eigenvalue weighted by Crippen LogP contribution is 2.44. The highest BCUT2D eigenvalue weighted by molar-refractivity contribution is 7.89. The zero-order chi connectivity index (χ0) is 15.0. The summed E-state index contributed by atoms with van der Waals surface area (Å²) in [5.74, 6) is 0.783. The van der Waals surface area contributed by atoms with E-state index in [2.05, 4.69) is 0 Å². The van der Waals surface area contributed by atoms with Crippen molar-refractivity contribution in [3.63, 3.8) is 0 Å². The summed E-state index contributed by atoms with van der Waals surface area (Å²) in [6.07, 6.45) is 2.96. The minimum Gasteiger partial charge on any atom is -0.492 e. The average Bonchev–Trinajstić information content (AvgIpc) is 3.07. The molecule has 6 heteroatoms. The maximum absolute atomic E-state index is 12.9. The van der Waals surface area contributed by atoms with Gasteiger partial charge in [-0.05, 0) is 56.4 Å². The molecule has 2 bridgehead atoms. The first kappa shape index (κ1) is 14.8. The summed E-state index contributed by atoms with van der Waals surface area (Å²) in [7, 11) is -3.20. The van der Waals surface area contributed by atoms with Crippen molar-refractivity contribution in [1.29, 1.82) is 0 Å². The van der Waals surface area contributed by atoms with E-state index in [9.17, 15) is 12.8 Å². The number of ether oxygens (including phenoxy) is 1. The van der Waals surface area contributed by atoms with Gasteiger partial charge in [0.15, 0.2) is 0 Å². The molecule has 0 aromatic heterocycles. The highest BCUT2D eigenvalue weighted by atomic mass is 32.2. The van der Waals surface area contributed by atoms with Crippen LogP contribution in [-0.4, -0.2) is 37.2 Å². The van der Waals surface area contributed by atoms with Crippen molar-refractivity contribution in [2.24, 2.45) is 5.92 Å². The Balaban J connectivity index is 1.72. The molecule has 0 radical (unpaired) electrons. The van der Waals surface area contributed by atoms with E-state index < -0.39 is 10.0 Å². The number of halogens is 1. The number of piperidine rings is 1. The summed E-state index contributed by atoms with van der Waals surface area (Å²) in [6.45, 7) is 2.02. The number of rotatable bonds is 5. The lowest BCUT2D eigenvalue weighted by Crippen LogP contribution is -2.48. The third kappa shape index (κ3) is 2.79. The largest absolute Gasteiger partial charge is 0.492 e. The van der Waals surface area contributed by atoms with Gasteiger partial charge >= 0.3 is 0 Å². The van der Waals surface area contributed by atoms with E-state index in [-0.39, 0.29) is 23.7 Å². The highest BCUT2D eigenvalue weighted by Gasteiger charge is 2.50. The standard InChI is InChI=1S/C15H20FNO3S/c1-2-21(18,19)17-13-6-3-11(9-13)15(17)10-20-14-7-4-12(16)5-8-14/h4-5,7-8,11,13,15H,2-3,6,9-10H2,1H3/t11-,13-,15+/m0/s1. The van der Waals surface area contributed by atoms with Crippen molar-refractivity contribution in [3.05, 3.63) is 30.1 Å². The van der Waals surface area contributed by atoms with Crippen molar-refractivity contribution in [2.45, 2.75) is 38.3 Å². The summed E-state index contributed by atoms with van der Waals surface area (Å²) in [5, 5.41) is 0. The first-order valence-corrected chi connectivity index (χ1v) is 9.01. The van der Waals surface area contributed by atoms with Gasteiger partial charge in [0.25, 0.3) is 0 Å². The summed E-state index contributed by atoms with van der Waals surface area (Å²) in [6, 6.07) is 5.89. The molecule has 3 atom stereocenters. The molecule has 21 heavy (non-hydrogen) atoms. The van der Waals surface area contributed by atoms with Gasteiger partial charge in [-0.15, -0.1) is 0 Å². The number of benzene rings is 1. The van der Waals surface area contributed by atoms with Gasteiger partial charge in [-0.25, -0.2) is 12.8 Å². The molecule has 1 aliphatic heterocycles. The SMILES string of the molecule is CCS(=O)(=O)N1[C@H]2CC[C@@H](C2)[C@H]1COc1ccc(F)cc1. The third-order valence-electron chi connectivity index (χ3n) is 4.60. The van der Waals surface area contributed by atoms with E-state index in [0.29, 0.717) is 18.3 Å². The normalized spacial score (nSPS) is 29.0. The Kier molecular flexibility index (Phi) is 3.92. The Hall–Kier alpha value is -1.14. The molecule has 2 fully saturated rings. The van der Waals surface area contributed by atoms with E-state index in [1.54, 1.807) is 23.4 Å². The third-order valence-corrected chi connectivity index (χ3v) is 6.54. The molecule has 0 spiro atoms. The number of sulfonamides is 1. The van der Waals surface area contributed by atoms with Crippen molar-refractivity contribution < 1.29 is 17.5 Å². The van der Waals surface area contributed by atoms with Crippen LogP contribution in [0.15, 0.2) is 24.3 Å². The molecule has 0 amide bonds. The molecule has 1 heterocycles. The molecule has 4 nitrogen and oxygen atoms in total. The molecule has 1 saturated carbocycles. The van der Waals surface area contributed by atoms with Crippen molar-refractivity contribution in [2.75, 3.05) is 12.4 Å². The fourth-order valence-electron chi connectivity index (χ4n) is 3.56. The van der Waals surface area contributed by atoms with Gasteiger partial charge in [-0.2, -0.15) is 4.31 Å². The Morgan fingerprint density at radius 1 is 1.29 bits per heavy atom. The molecule has 1 aromatic carbocycles. The average molecular weight is 313 g/mol. The second kappa shape index (κ2) is 5.57. The quantitative estimate of drug-likeness (QED) is 0.838. The molecular weight excluding hydrogens is 293 g/mol. The van der Waals surface area contributed by atoms with Crippen LogP contribution < -0.4 is 4.74 Å². The molecular formula is C15H20FNO3S. The van der Waals surface area contributed by atoms with Crippen LogP contribution in [0.3, 0.4) is 0 Å². The zero-order valence-electron chi connectivity index (χ0n) is 12.0. The fraction of sp³-hybridized carbons (Fsp3) is 0.600. The van der Waals surface area contributed by atoms with Crippen LogP contribution in [-0.2, 0) is 10.0 Å². The van der Waals surface area contributed by atoms with Gasteiger partial charge in [-0.1, -0.05) is 0 Å². The first-order valence-electron chi connectivity index (χ1n) is 7.41. The predicted molar refractivity (Wildman–Crippen MR) is 78.1 cm³/mol. The van der Waals surface area contributed by atoms with Crippen LogP contribution in [0.2, 0.25) is 0 Å². The number of fused-ring (bicyclic) bond motifs is 2. The fourth-order valence-corrected chi connectivity index (χ4v) is 5.14. The van der Waals surface area contributed by atoms with Crippen molar-refractivity contribution in [3.8, 4) is 5.75 Å². The van der Waals surface area contributed by atoms with E-state index in [1.807, 2.05) is 0 Å². The molecule has 0 unspecified atom stereocenters. The lowest BCUT2D eigenvalue weighted by molar-refractivity contribution is 0.162. The maximum atomic E-state index is 12.9. The topological polar surface area (TPSA) is 46.6 Å². The summed E-state index contributed by atoms with van der Waals surface area (Å²) in [4.78, 5) is 0. The minimum absolute atomic E-state index is 0.0845. The number of nitrogens with zero attached hydrogens (tertiary/aromatic N) is 1. The summed E-state index contributed by atoms with van der Waals surface area (Å²) < 4.78 is 44.8. The van der Waals surface area contributed by atoms with Crippen molar-refractivity contribution >= 4 is 10.0 Å². The van der Waals surface area contributed by atoms with Gasteiger partial charge in [-0.3, -0.25) is 0 Å². The van der Waals surface area contributed by atoms with Gasteiger partial charge in [0.05, 0.1) is 11.8 Å². The lowest BCUT2D eigenvalue weighted by Gasteiger charge is -2.33. The molecule has 3 rings (SSSR count). The molecule has 1 aromatic rings. The Morgan fingerprint density at radius 2 is 2.00 bits per heavy atom. The van der Waals surface area contributed by atoms with Crippen LogP contribution in [0, 0.1) is 11.7 Å². The van der Waals surface area contributed by atoms with E-state index in [0.717, 1.165) is 19.3 Å². The van der Waals surface area contributed by atoms with Crippen molar-refractivity contribution in [1.82, 2.24) is 4.31 Å². The molecule has 0 N–H and O–H groups in total. The number of hydrogen-bond acceptors (Lipinski definition) is 3. The zero-order valence-corrected chi connectivity index (χ0v) is 12.9. The minimum atomic E-state index is -3.20. The second-order valence-electron chi connectivity index (χ2n) is 5.79. The smallest absolute Gasteiger partial charge is 0.214 e. The van der Waals surface area contributed by atoms with Crippen LogP contribution in [0.25, 0.3) is 0 Å². The Labute approximate surface area is 125 Å². The van der Waals surface area contributed by atoms with Gasteiger partial charge in [0.1, 0.15) is 18.2 Å². The van der Waals surface area contributed by atoms with E-state index in [4.69, 9.17) is 4.74 Å². The maximum Gasteiger partial charge on any atom is 0.214 e. The Morgan fingerprint density at radius 3 is 2.67 bits per heavy atom. The van der Waals surface area contributed by atoms with Crippen LogP contribution >= 0.6 is 0 Å². The van der Waals surface area contributed by atoms with E-state index in [1.165, 1.54) is 12.1 Å². The Bertz CT molecular complexity index is 602. The molecule has 1 saturated heterocycles. The monoisotopic (exact) mass is 313 g/mol. The van der Waals surface area contributed by atoms with Gasteiger partial charge in [0.2, 0.25) is 10.0 Å². The van der Waals surface area contributed by atoms with Crippen LogP contribution in [0.4, 0.5) is 4.39 Å². The second-order valence-corrected chi connectivity index (χ2v) is 7.95. The molecule has 1 aliphatic carbocycles. The van der Waals surface area contributed by atoms with E-state index >= 15 is 0 Å². The lowest BCUT2D eigenvalue weighted by atomic mass is 10.0. The van der Waals surface area contributed by atoms with Crippen LogP contribution in [0.5, 0.6) is 5.75 Å². The molecule has 2 aliphatic rings. The van der Waals surface area contributed by atoms with Gasteiger partial charge < -0.3 is 4.74 Å². The predicted octanol–water partition coefficient (Wildman–Crippen LogP) is 2.41. The summed E-state index contributed by atoms with van der Waals surface area (Å²) >= 11 is 0. The van der Waals surface area contributed by atoms with Gasteiger partial charge in [0, 0.05) is 6.04 Å². The molecule has 116 valence electrons.